The molecule has 0 saturated heterocycles. The minimum absolute atomic E-state index is 0.0165. The number of carbonyl (C=O) groups excluding carboxylic acids is 3. The molecule has 2 amide bonds. The Hall–Kier alpha value is -2.70. The second kappa shape index (κ2) is 8.56. The Labute approximate surface area is 128 Å². The van der Waals surface area contributed by atoms with Crippen molar-refractivity contribution in [2.24, 2.45) is 5.10 Å². The summed E-state index contributed by atoms with van der Waals surface area (Å²) in [6.07, 6.45) is 1.14. The second-order valence-corrected chi connectivity index (χ2v) is 4.81. The predicted molar refractivity (Wildman–Crippen MR) is 81.4 cm³/mol. The van der Waals surface area contributed by atoms with E-state index in [9.17, 15) is 14.4 Å². The summed E-state index contributed by atoms with van der Waals surface area (Å²) in [5.74, 6) is -1.28. The molecule has 7 nitrogen and oxygen atoms in total. The summed E-state index contributed by atoms with van der Waals surface area (Å²) in [7, 11) is 1.31. The maximum absolute atomic E-state index is 11.5. The Balaban J connectivity index is 2.47. The minimum atomic E-state index is -0.499. The first-order valence-corrected chi connectivity index (χ1v) is 6.72. The number of hydrogen-bond donors (Lipinski definition) is 2. The fourth-order valence-electron chi connectivity index (χ4n) is 1.56. The zero-order valence-corrected chi connectivity index (χ0v) is 12.8. The van der Waals surface area contributed by atoms with Crippen LogP contribution in [0.25, 0.3) is 0 Å². The molecule has 0 unspecified atom stereocenters. The number of carbonyl (C=O) groups is 3. The number of esters is 1. The molecule has 1 rings (SSSR count). The first-order valence-electron chi connectivity index (χ1n) is 6.72. The first kappa shape index (κ1) is 17.4. The number of ether oxygens (including phenoxy) is 1. The molecule has 1 aromatic rings. The predicted octanol–water partition coefficient (Wildman–Crippen LogP) is 0.838. The van der Waals surface area contributed by atoms with Crippen molar-refractivity contribution < 1.29 is 19.1 Å². The molecule has 2 N–H and O–H groups in total. The molecule has 22 heavy (non-hydrogen) atoms. The summed E-state index contributed by atoms with van der Waals surface area (Å²) in [5, 5.41) is 6.36. The zero-order chi connectivity index (χ0) is 16.5. The van der Waals surface area contributed by atoms with E-state index in [-0.39, 0.29) is 18.4 Å². The number of nitrogens with zero attached hydrogens (tertiary/aromatic N) is 1. The van der Waals surface area contributed by atoms with Gasteiger partial charge in [-0.1, -0.05) is 12.1 Å². The maximum atomic E-state index is 11.5. The molecule has 0 atom stereocenters. The van der Waals surface area contributed by atoms with E-state index in [0.717, 1.165) is 0 Å². The highest BCUT2D eigenvalue weighted by molar-refractivity contribution is 5.97. The molecular formula is C15H19N3O4. The van der Waals surface area contributed by atoms with Crippen LogP contribution in [0.2, 0.25) is 0 Å². The van der Waals surface area contributed by atoms with Crippen LogP contribution >= 0.6 is 0 Å². The molecule has 0 aliphatic carbocycles. The molecule has 0 heterocycles. The van der Waals surface area contributed by atoms with Gasteiger partial charge in [0.15, 0.2) is 0 Å². The number of nitrogens with one attached hydrogen (secondary N) is 2. The average Bonchev–Trinajstić information content (AvgIpc) is 2.46. The van der Waals surface area contributed by atoms with Crippen LogP contribution in [0.4, 0.5) is 0 Å². The van der Waals surface area contributed by atoms with Crippen molar-refractivity contribution in [3.05, 3.63) is 35.4 Å². The Morgan fingerprint density at radius 2 is 1.82 bits per heavy atom. The molecule has 0 aromatic heterocycles. The Kier molecular flexibility index (Phi) is 6.75. The van der Waals surface area contributed by atoms with Crippen molar-refractivity contribution >= 4 is 24.0 Å². The molecule has 1 aromatic carbocycles. The topological polar surface area (TPSA) is 96.9 Å². The lowest BCUT2D eigenvalue weighted by molar-refractivity contribution is -0.129. The van der Waals surface area contributed by atoms with Crippen molar-refractivity contribution in [2.45, 2.75) is 26.3 Å². The summed E-state index contributed by atoms with van der Waals surface area (Å²) >= 11 is 0. The van der Waals surface area contributed by atoms with E-state index in [1.54, 1.807) is 24.3 Å². The van der Waals surface area contributed by atoms with Crippen molar-refractivity contribution in [1.82, 2.24) is 10.7 Å². The number of rotatable bonds is 6. The summed E-state index contributed by atoms with van der Waals surface area (Å²) in [6, 6.07) is 6.48. The fraction of sp³-hybridized carbons (Fsp3) is 0.333. The number of hydrogen-bond acceptors (Lipinski definition) is 5. The van der Waals surface area contributed by atoms with Crippen molar-refractivity contribution in [1.29, 1.82) is 0 Å². The van der Waals surface area contributed by atoms with E-state index in [1.165, 1.54) is 13.3 Å². The third-order valence-electron chi connectivity index (χ3n) is 2.51. The van der Waals surface area contributed by atoms with Crippen LogP contribution in [0.15, 0.2) is 29.4 Å². The number of amides is 2. The van der Waals surface area contributed by atoms with Gasteiger partial charge >= 0.3 is 5.97 Å². The molecule has 118 valence electrons. The van der Waals surface area contributed by atoms with Crippen LogP contribution < -0.4 is 10.7 Å². The van der Waals surface area contributed by atoms with Crippen LogP contribution in [-0.2, 0) is 14.3 Å². The highest BCUT2D eigenvalue weighted by atomic mass is 16.5. The SMILES string of the molecule is COC(=O)c1ccc(C=NNC(=O)CC(=O)NC(C)C)cc1. The van der Waals surface area contributed by atoms with Crippen molar-refractivity contribution in [3.8, 4) is 0 Å². The smallest absolute Gasteiger partial charge is 0.337 e. The molecule has 0 fully saturated rings. The largest absolute Gasteiger partial charge is 0.465 e. The van der Waals surface area contributed by atoms with E-state index in [2.05, 4.69) is 20.6 Å². The lowest BCUT2D eigenvalue weighted by Gasteiger charge is -2.06. The van der Waals surface area contributed by atoms with Gasteiger partial charge in [0.1, 0.15) is 6.42 Å². The second-order valence-electron chi connectivity index (χ2n) is 4.81. The van der Waals surface area contributed by atoms with Gasteiger partial charge in [0.2, 0.25) is 11.8 Å². The van der Waals surface area contributed by atoms with Gasteiger partial charge in [-0.05, 0) is 31.5 Å². The van der Waals surface area contributed by atoms with Gasteiger partial charge in [-0.25, -0.2) is 10.2 Å². The van der Waals surface area contributed by atoms with Crippen LogP contribution in [0.3, 0.4) is 0 Å². The van der Waals surface area contributed by atoms with E-state index in [4.69, 9.17) is 0 Å². The van der Waals surface area contributed by atoms with Gasteiger partial charge in [-0.3, -0.25) is 9.59 Å². The highest BCUT2D eigenvalue weighted by Gasteiger charge is 2.09. The normalized spacial score (nSPS) is 10.5. The van der Waals surface area contributed by atoms with Crippen molar-refractivity contribution in [2.75, 3.05) is 7.11 Å². The van der Waals surface area contributed by atoms with Gasteiger partial charge < -0.3 is 10.1 Å². The average molecular weight is 305 g/mol. The lowest BCUT2D eigenvalue weighted by Crippen LogP contribution is -2.34. The van der Waals surface area contributed by atoms with Gasteiger partial charge in [0.25, 0.3) is 0 Å². The molecule has 0 radical (unpaired) electrons. The molecule has 7 heteroatoms. The quantitative estimate of drug-likeness (QED) is 0.352. The number of methoxy groups -OCH3 is 1. The Morgan fingerprint density at radius 3 is 2.36 bits per heavy atom. The van der Waals surface area contributed by atoms with Crippen LogP contribution in [0.5, 0.6) is 0 Å². The van der Waals surface area contributed by atoms with Crippen LogP contribution in [-0.4, -0.2) is 37.1 Å². The fourth-order valence-corrected chi connectivity index (χ4v) is 1.56. The number of hydrazone groups is 1. The van der Waals surface area contributed by atoms with Gasteiger partial charge in [-0.2, -0.15) is 5.10 Å². The van der Waals surface area contributed by atoms with Gasteiger partial charge in [0.05, 0.1) is 18.9 Å². The monoisotopic (exact) mass is 305 g/mol. The van der Waals surface area contributed by atoms with Crippen molar-refractivity contribution in [3.63, 3.8) is 0 Å². The summed E-state index contributed by atoms with van der Waals surface area (Å²) in [5.41, 5.74) is 3.38. The van der Waals surface area contributed by atoms with E-state index in [0.29, 0.717) is 11.1 Å². The van der Waals surface area contributed by atoms with Crippen LogP contribution in [0.1, 0.15) is 36.2 Å². The molecule has 0 spiro atoms. The molecule has 0 bridgehead atoms. The summed E-state index contributed by atoms with van der Waals surface area (Å²) < 4.78 is 4.59. The lowest BCUT2D eigenvalue weighted by atomic mass is 10.1. The zero-order valence-electron chi connectivity index (χ0n) is 12.8. The highest BCUT2D eigenvalue weighted by Crippen LogP contribution is 2.03. The standard InChI is InChI=1S/C15H19N3O4/c1-10(2)17-13(19)8-14(20)18-16-9-11-4-6-12(7-5-11)15(21)22-3/h4-7,9-10H,8H2,1-3H3,(H,17,19)(H,18,20). The van der Waals surface area contributed by atoms with E-state index in [1.807, 2.05) is 13.8 Å². The minimum Gasteiger partial charge on any atom is -0.465 e. The summed E-state index contributed by atoms with van der Waals surface area (Å²) in [6.45, 7) is 3.62. The number of benzene rings is 1. The molecular weight excluding hydrogens is 286 g/mol. The molecule has 0 aliphatic heterocycles. The Bertz CT molecular complexity index is 565. The summed E-state index contributed by atoms with van der Waals surface area (Å²) in [4.78, 5) is 34.1. The third kappa shape index (κ3) is 6.17. The molecule has 0 saturated carbocycles. The van der Waals surface area contributed by atoms with Crippen LogP contribution in [0, 0.1) is 0 Å². The first-order chi connectivity index (χ1) is 10.4. The molecule has 0 aliphatic rings. The Morgan fingerprint density at radius 1 is 1.18 bits per heavy atom. The van der Waals surface area contributed by atoms with Gasteiger partial charge in [-0.15, -0.1) is 0 Å². The van der Waals surface area contributed by atoms with E-state index < -0.39 is 11.9 Å². The van der Waals surface area contributed by atoms with E-state index >= 15 is 0 Å². The van der Waals surface area contributed by atoms with Gasteiger partial charge in [0, 0.05) is 6.04 Å². The third-order valence-corrected chi connectivity index (χ3v) is 2.51. The maximum Gasteiger partial charge on any atom is 0.337 e.